The van der Waals surface area contributed by atoms with E-state index in [0.717, 1.165) is 18.2 Å². The number of halogens is 6. The lowest BCUT2D eigenvalue weighted by Gasteiger charge is -2.18. The van der Waals surface area contributed by atoms with Gasteiger partial charge in [-0.15, -0.1) is 0 Å². The molecule has 0 radical (unpaired) electrons. The van der Waals surface area contributed by atoms with Crippen molar-refractivity contribution in [2.45, 2.75) is 51.9 Å². The SMILES string of the molecule is CCCS(=O)(=O)O/N=C(/C1=CC=C(OCCCOc2ccc(/C(=N/OS(=O)(=O)CC)C(F)(F)F)cc2)CC1)C(F)(F)F. The third-order valence-electron chi connectivity index (χ3n) is 5.22. The van der Waals surface area contributed by atoms with Crippen molar-refractivity contribution < 1.29 is 61.2 Å². The molecular formula is C24H28F6N2O8S2. The minimum Gasteiger partial charge on any atom is -0.498 e. The van der Waals surface area contributed by atoms with Gasteiger partial charge in [0.1, 0.15) is 5.75 Å². The highest BCUT2D eigenvalue weighted by Gasteiger charge is 2.40. The fourth-order valence-electron chi connectivity index (χ4n) is 3.19. The molecule has 0 aliphatic heterocycles. The largest absolute Gasteiger partial charge is 0.498 e. The van der Waals surface area contributed by atoms with E-state index in [2.05, 4.69) is 18.9 Å². The molecule has 18 heteroatoms. The highest BCUT2D eigenvalue weighted by molar-refractivity contribution is 7.86. The van der Waals surface area contributed by atoms with Gasteiger partial charge in [-0.3, -0.25) is 8.57 Å². The predicted octanol–water partition coefficient (Wildman–Crippen LogP) is 5.38. The summed E-state index contributed by atoms with van der Waals surface area (Å²) in [5.74, 6) is -0.474. The fourth-order valence-corrected chi connectivity index (χ4v) is 4.24. The van der Waals surface area contributed by atoms with E-state index in [1.807, 2.05) is 0 Å². The minimum absolute atomic E-state index is 0.0807. The van der Waals surface area contributed by atoms with Crippen LogP contribution in [0.15, 0.2) is 58.1 Å². The quantitative estimate of drug-likeness (QED) is 0.107. The Morgan fingerprint density at radius 1 is 0.786 bits per heavy atom. The van der Waals surface area contributed by atoms with Gasteiger partial charge in [-0.1, -0.05) is 23.3 Å². The first kappa shape index (κ1) is 34.9. The Balaban J connectivity index is 1.92. The molecular weight excluding hydrogens is 622 g/mol. The van der Waals surface area contributed by atoms with Gasteiger partial charge in [-0.05, 0) is 55.7 Å². The third-order valence-corrected chi connectivity index (χ3v) is 7.44. The Morgan fingerprint density at radius 2 is 1.36 bits per heavy atom. The van der Waals surface area contributed by atoms with Gasteiger partial charge in [0.2, 0.25) is 0 Å². The minimum atomic E-state index is -4.99. The van der Waals surface area contributed by atoms with Crippen LogP contribution in [-0.2, 0) is 33.5 Å². The van der Waals surface area contributed by atoms with Gasteiger partial charge in [0.15, 0.2) is 11.4 Å². The zero-order valence-electron chi connectivity index (χ0n) is 22.4. The zero-order valence-corrected chi connectivity index (χ0v) is 24.0. The maximum absolute atomic E-state index is 13.4. The van der Waals surface area contributed by atoms with E-state index in [1.54, 1.807) is 0 Å². The average Bonchev–Trinajstić information content (AvgIpc) is 2.88. The molecule has 0 N–H and O–H groups in total. The van der Waals surface area contributed by atoms with Crippen LogP contribution in [-0.4, -0.2) is 65.3 Å². The van der Waals surface area contributed by atoms with E-state index in [0.29, 0.717) is 12.2 Å². The van der Waals surface area contributed by atoms with E-state index >= 15 is 0 Å². The van der Waals surface area contributed by atoms with Crippen molar-refractivity contribution >= 4 is 31.7 Å². The molecule has 10 nitrogen and oxygen atoms in total. The van der Waals surface area contributed by atoms with Crippen LogP contribution in [0.2, 0.25) is 0 Å². The number of allylic oxidation sites excluding steroid dienone is 4. The Bertz CT molecular complexity index is 1400. The first-order valence-corrected chi connectivity index (χ1v) is 15.5. The fraction of sp³-hybridized carbons (Fsp3) is 0.500. The van der Waals surface area contributed by atoms with Crippen molar-refractivity contribution in [3.05, 3.63) is 53.3 Å². The van der Waals surface area contributed by atoms with Crippen LogP contribution < -0.4 is 4.74 Å². The topological polar surface area (TPSA) is 130 Å². The molecule has 0 unspecified atom stereocenters. The second-order valence-electron chi connectivity index (χ2n) is 8.53. The maximum Gasteiger partial charge on any atom is 0.437 e. The highest BCUT2D eigenvalue weighted by atomic mass is 32.2. The van der Waals surface area contributed by atoms with E-state index in [4.69, 9.17) is 9.47 Å². The summed E-state index contributed by atoms with van der Waals surface area (Å²) in [5.41, 5.74) is -3.72. The molecule has 0 atom stereocenters. The number of rotatable bonds is 15. The van der Waals surface area contributed by atoms with Crippen molar-refractivity contribution in [3.63, 3.8) is 0 Å². The molecule has 42 heavy (non-hydrogen) atoms. The van der Waals surface area contributed by atoms with Crippen molar-refractivity contribution in [2.24, 2.45) is 10.3 Å². The first-order valence-electron chi connectivity index (χ1n) is 12.4. The Labute approximate surface area is 238 Å². The summed E-state index contributed by atoms with van der Waals surface area (Å²) < 4.78 is 145. The van der Waals surface area contributed by atoms with Crippen LogP contribution in [0.25, 0.3) is 0 Å². The molecule has 1 aromatic rings. The summed E-state index contributed by atoms with van der Waals surface area (Å²) in [6.07, 6.45) is -7.12. The average molecular weight is 651 g/mol. The highest BCUT2D eigenvalue weighted by Crippen LogP contribution is 2.29. The number of nitrogens with zero attached hydrogens (tertiary/aromatic N) is 2. The van der Waals surface area contributed by atoms with Crippen LogP contribution in [0.5, 0.6) is 5.75 Å². The summed E-state index contributed by atoms with van der Waals surface area (Å²) in [6.45, 7) is 2.90. The van der Waals surface area contributed by atoms with Gasteiger partial charge < -0.3 is 9.47 Å². The second kappa shape index (κ2) is 14.8. The zero-order chi connectivity index (χ0) is 31.6. The molecule has 0 fully saturated rings. The molecule has 2 rings (SSSR count). The lowest BCUT2D eigenvalue weighted by atomic mass is 9.99. The van der Waals surface area contributed by atoms with Gasteiger partial charge in [0, 0.05) is 18.4 Å². The molecule has 1 aliphatic carbocycles. The molecule has 0 heterocycles. The van der Waals surface area contributed by atoms with E-state index in [9.17, 15) is 43.2 Å². The van der Waals surface area contributed by atoms with Crippen molar-refractivity contribution in [2.75, 3.05) is 24.7 Å². The van der Waals surface area contributed by atoms with Crippen LogP contribution in [0.4, 0.5) is 26.3 Å². The summed E-state index contributed by atoms with van der Waals surface area (Å²) >= 11 is 0. The van der Waals surface area contributed by atoms with Gasteiger partial charge >= 0.3 is 32.6 Å². The Morgan fingerprint density at radius 3 is 1.88 bits per heavy atom. The molecule has 0 aromatic heterocycles. The number of oxime groups is 2. The summed E-state index contributed by atoms with van der Waals surface area (Å²) in [7, 11) is -8.48. The molecule has 0 saturated heterocycles. The molecule has 0 spiro atoms. The third kappa shape index (κ3) is 11.5. The smallest absolute Gasteiger partial charge is 0.437 e. The Kier molecular flexibility index (Phi) is 12.3. The van der Waals surface area contributed by atoms with Gasteiger partial charge in [-0.2, -0.15) is 43.2 Å². The molecule has 236 valence electrons. The molecule has 1 aromatic carbocycles. The summed E-state index contributed by atoms with van der Waals surface area (Å²) in [6, 6.07) is 4.50. The number of alkyl halides is 6. The summed E-state index contributed by atoms with van der Waals surface area (Å²) in [5, 5.41) is 5.62. The number of ether oxygens (including phenoxy) is 2. The van der Waals surface area contributed by atoms with Crippen LogP contribution in [0.3, 0.4) is 0 Å². The van der Waals surface area contributed by atoms with Crippen molar-refractivity contribution in [3.8, 4) is 5.75 Å². The number of hydrogen-bond donors (Lipinski definition) is 0. The monoisotopic (exact) mass is 650 g/mol. The molecule has 0 amide bonds. The first-order chi connectivity index (χ1) is 19.5. The second-order valence-corrected chi connectivity index (χ2v) is 12.0. The molecule has 0 bridgehead atoms. The number of hydrogen-bond acceptors (Lipinski definition) is 10. The molecule has 0 saturated carbocycles. The van der Waals surface area contributed by atoms with Crippen LogP contribution in [0.1, 0.15) is 45.1 Å². The molecule has 1 aliphatic rings. The van der Waals surface area contributed by atoms with Gasteiger partial charge in [0.25, 0.3) is 0 Å². The number of benzene rings is 1. The van der Waals surface area contributed by atoms with Crippen LogP contribution in [0, 0.1) is 0 Å². The Hall–Kier alpha value is -3.28. The van der Waals surface area contributed by atoms with E-state index < -0.39 is 61.1 Å². The summed E-state index contributed by atoms with van der Waals surface area (Å²) in [4.78, 5) is 0. The van der Waals surface area contributed by atoms with E-state index in [1.165, 1.54) is 32.1 Å². The normalized spacial score (nSPS) is 15.5. The van der Waals surface area contributed by atoms with Gasteiger partial charge in [-0.25, -0.2) is 0 Å². The van der Waals surface area contributed by atoms with Crippen molar-refractivity contribution in [1.82, 2.24) is 0 Å². The van der Waals surface area contributed by atoms with Gasteiger partial charge in [0.05, 0.1) is 30.5 Å². The van der Waals surface area contributed by atoms with Crippen LogP contribution >= 0.6 is 0 Å². The van der Waals surface area contributed by atoms with E-state index in [-0.39, 0.29) is 43.8 Å². The lowest BCUT2D eigenvalue weighted by Crippen LogP contribution is -2.27. The lowest BCUT2D eigenvalue weighted by molar-refractivity contribution is -0.0608. The van der Waals surface area contributed by atoms with Crippen molar-refractivity contribution in [1.29, 1.82) is 0 Å². The maximum atomic E-state index is 13.4. The predicted molar refractivity (Wildman–Crippen MR) is 140 cm³/mol. The standard InChI is InChI=1S/C24H28F6N2O8S2/c1-3-16-42(35,36)40-32-22(24(28,29)30)18-8-12-20(13-9-18)38-15-5-14-37-19-10-6-17(7-11-19)21(23(25,26)27)31-39-41(33,34)4-2/h6-8,10-12H,3-5,9,13-16H2,1-2H3/b31-21-,32-22-.